The van der Waals surface area contributed by atoms with E-state index in [-0.39, 0.29) is 5.75 Å². The number of benzene rings is 2. The van der Waals surface area contributed by atoms with Crippen LogP contribution in [0.3, 0.4) is 0 Å². The standard InChI is InChI=1S/C23H18ClN5O2/c24-22-15-20(30)8-7-17(22)5-3-16-4-6-19(23-26-28-29-27-23)14-18(16)2-1-13-31-21-9-11-25-12-10-21/h4,6-12,14-15,30H,1-2,13H2,(H,26,27,28,29). The second-order valence-corrected chi connectivity index (χ2v) is 7.08. The summed E-state index contributed by atoms with van der Waals surface area (Å²) in [5.74, 6) is 7.77. The van der Waals surface area contributed by atoms with Gasteiger partial charge in [0, 0.05) is 29.1 Å². The summed E-state index contributed by atoms with van der Waals surface area (Å²) in [7, 11) is 0. The fourth-order valence-corrected chi connectivity index (χ4v) is 3.20. The Labute approximate surface area is 184 Å². The lowest BCUT2D eigenvalue weighted by Crippen LogP contribution is -2.01. The predicted molar refractivity (Wildman–Crippen MR) is 117 cm³/mol. The molecular weight excluding hydrogens is 414 g/mol. The van der Waals surface area contributed by atoms with Crippen molar-refractivity contribution in [3.8, 4) is 34.7 Å². The number of H-pyrrole nitrogens is 1. The Morgan fingerprint density at radius 2 is 1.81 bits per heavy atom. The molecule has 2 N–H and O–H groups in total. The summed E-state index contributed by atoms with van der Waals surface area (Å²) in [5, 5.41) is 24.0. The van der Waals surface area contributed by atoms with Crippen molar-refractivity contribution in [1.29, 1.82) is 0 Å². The van der Waals surface area contributed by atoms with E-state index in [9.17, 15) is 5.11 Å². The van der Waals surface area contributed by atoms with Gasteiger partial charge in [-0.3, -0.25) is 4.98 Å². The molecule has 2 aromatic heterocycles. The summed E-state index contributed by atoms with van der Waals surface area (Å²) in [4.78, 5) is 3.99. The van der Waals surface area contributed by atoms with Gasteiger partial charge in [-0.15, -0.1) is 5.10 Å². The molecule has 0 saturated heterocycles. The molecule has 0 aliphatic carbocycles. The van der Waals surface area contributed by atoms with Gasteiger partial charge < -0.3 is 9.84 Å². The summed E-state index contributed by atoms with van der Waals surface area (Å²) in [6.45, 7) is 0.564. The number of halogens is 1. The molecule has 4 rings (SSSR count). The number of nitrogens with one attached hydrogen (secondary N) is 1. The zero-order chi connectivity index (χ0) is 21.5. The van der Waals surface area contributed by atoms with E-state index >= 15 is 0 Å². The molecule has 154 valence electrons. The lowest BCUT2D eigenvalue weighted by Gasteiger charge is -2.09. The van der Waals surface area contributed by atoms with Crippen LogP contribution < -0.4 is 4.74 Å². The molecule has 0 unspecified atom stereocenters. The first kappa shape index (κ1) is 20.4. The minimum atomic E-state index is 0.107. The van der Waals surface area contributed by atoms with Crippen molar-refractivity contribution >= 4 is 11.6 Å². The van der Waals surface area contributed by atoms with Gasteiger partial charge in [0.1, 0.15) is 11.5 Å². The maximum absolute atomic E-state index is 9.52. The van der Waals surface area contributed by atoms with Crippen LogP contribution in [0.5, 0.6) is 11.5 Å². The van der Waals surface area contributed by atoms with Crippen LogP contribution in [-0.2, 0) is 6.42 Å². The van der Waals surface area contributed by atoms with Crippen LogP contribution >= 0.6 is 11.6 Å². The fraction of sp³-hybridized carbons (Fsp3) is 0.130. The molecule has 2 heterocycles. The number of tetrazole rings is 1. The topological polar surface area (TPSA) is 96.8 Å². The van der Waals surface area contributed by atoms with Gasteiger partial charge in [0.2, 0.25) is 0 Å². The fourth-order valence-electron chi connectivity index (χ4n) is 2.98. The quantitative estimate of drug-likeness (QED) is 0.353. The van der Waals surface area contributed by atoms with Crippen molar-refractivity contribution in [3.05, 3.63) is 82.6 Å². The van der Waals surface area contributed by atoms with Crippen LogP contribution in [0.25, 0.3) is 11.4 Å². The number of rotatable bonds is 6. The van der Waals surface area contributed by atoms with Crippen molar-refractivity contribution in [3.63, 3.8) is 0 Å². The summed E-state index contributed by atoms with van der Waals surface area (Å²) in [6.07, 6.45) is 4.96. The number of hydrogen-bond donors (Lipinski definition) is 2. The highest BCUT2D eigenvalue weighted by molar-refractivity contribution is 6.31. The second-order valence-electron chi connectivity index (χ2n) is 6.67. The average Bonchev–Trinajstić information content (AvgIpc) is 3.32. The van der Waals surface area contributed by atoms with E-state index in [0.29, 0.717) is 23.0 Å². The number of phenols is 1. The summed E-state index contributed by atoms with van der Waals surface area (Å²) in [6, 6.07) is 14.3. The van der Waals surface area contributed by atoms with E-state index in [4.69, 9.17) is 16.3 Å². The van der Waals surface area contributed by atoms with Gasteiger partial charge in [-0.25, -0.2) is 5.10 Å². The minimum Gasteiger partial charge on any atom is -0.508 e. The number of ether oxygens (including phenoxy) is 1. The lowest BCUT2D eigenvalue weighted by molar-refractivity contribution is 0.310. The molecule has 0 amide bonds. The van der Waals surface area contributed by atoms with Crippen molar-refractivity contribution in [2.24, 2.45) is 0 Å². The van der Waals surface area contributed by atoms with Crippen molar-refractivity contribution in [2.75, 3.05) is 6.61 Å². The Morgan fingerprint density at radius 3 is 2.58 bits per heavy atom. The largest absolute Gasteiger partial charge is 0.508 e. The third-order valence-electron chi connectivity index (χ3n) is 4.52. The van der Waals surface area contributed by atoms with Gasteiger partial charge >= 0.3 is 0 Å². The molecule has 4 aromatic rings. The first-order chi connectivity index (χ1) is 15.2. The van der Waals surface area contributed by atoms with E-state index in [1.54, 1.807) is 24.5 Å². The predicted octanol–water partition coefficient (Wildman–Crippen LogP) is 4.03. The first-order valence-corrected chi connectivity index (χ1v) is 9.97. The highest BCUT2D eigenvalue weighted by Crippen LogP contribution is 2.22. The average molecular weight is 432 g/mol. The molecule has 0 saturated carbocycles. The number of aromatic hydroxyl groups is 1. The van der Waals surface area contributed by atoms with Crippen LogP contribution in [0.1, 0.15) is 23.1 Å². The SMILES string of the molecule is Oc1ccc(C#Cc2ccc(-c3nnn[nH]3)cc2CCCOc2ccncc2)c(Cl)c1. The van der Waals surface area contributed by atoms with E-state index < -0.39 is 0 Å². The summed E-state index contributed by atoms with van der Waals surface area (Å²) in [5.41, 5.74) is 3.46. The highest BCUT2D eigenvalue weighted by atomic mass is 35.5. The van der Waals surface area contributed by atoms with Crippen LogP contribution in [0.4, 0.5) is 0 Å². The summed E-state index contributed by atoms with van der Waals surface area (Å²) < 4.78 is 5.77. The maximum Gasteiger partial charge on any atom is 0.179 e. The molecule has 0 aliphatic heterocycles. The molecule has 0 aliphatic rings. The van der Waals surface area contributed by atoms with Gasteiger partial charge in [0.15, 0.2) is 5.82 Å². The third kappa shape index (κ3) is 5.38. The maximum atomic E-state index is 9.52. The molecule has 31 heavy (non-hydrogen) atoms. The molecule has 7 nitrogen and oxygen atoms in total. The highest BCUT2D eigenvalue weighted by Gasteiger charge is 2.08. The first-order valence-electron chi connectivity index (χ1n) is 9.59. The van der Waals surface area contributed by atoms with Gasteiger partial charge in [0.25, 0.3) is 0 Å². The summed E-state index contributed by atoms with van der Waals surface area (Å²) >= 11 is 6.18. The number of aryl methyl sites for hydroxylation is 1. The van der Waals surface area contributed by atoms with Gasteiger partial charge in [-0.05, 0) is 77.4 Å². The number of pyridine rings is 1. The van der Waals surface area contributed by atoms with Crippen molar-refractivity contribution < 1.29 is 9.84 Å². The normalized spacial score (nSPS) is 10.4. The van der Waals surface area contributed by atoms with Gasteiger partial charge in [-0.1, -0.05) is 23.4 Å². The second kappa shape index (κ2) is 9.74. The Hall–Kier alpha value is -3.89. The van der Waals surface area contributed by atoms with E-state index in [1.807, 2.05) is 30.3 Å². The smallest absolute Gasteiger partial charge is 0.179 e. The minimum absolute atomic E-state index is 0.107. The Balaban J connectivity index is 1.55. The Bertz CT molecular complexity index is 1220. The Kier molecular flexibility index (Phi) is 6.41. The number of hydrogen-bond acceptors (Lipinski definition) is 6. The number of nitrogens with zero attached hydrogens (tertiary/aromatic N) is 4. The number of phenolic OH excluding ortho intramolecular Hbond substituents is 1. The third-order valence-corrected chi connectivity index (χ3v) is 4.83. The lowest BCUT2D eigenvalue weighted by atomic mass is 9.99. The zero-order valence-corrected chi connectivity index (χ0v) is 17.2. The van der Waals surface area contributed by atoms with Crippen LogP contribution in [0, 0.1) is 11.8 Å². The van der Waals surface area contributed by atoms with E-state index in [2.05, 4.69) is 37.4 Å². The van der Waals surface area contributed by atoms with Crippen LogP contribution in [0.2, 0.25) is 5.02 Å². The number of aromatic nitrogens is 5. The van der Waals surface area contributed by atoms with E-state index in [0.717, 1.165) is 35.3 Å². The van der Waals surface area contributed by atoms with Crippen LogP contribution in [0.15, 0.2) is 60.9 Å². The number of aromatic amines is 1. The van der Waals surface area contributed by atoms with Crippen LogP contribution in [-0.4, -0.2) is 37.3 Å². The molecule has 0 spiro atoms. The molecule has 8 heteroatoms. The zero-order valence-electron chi connectivity index (χ0n) is 16.4. The van der Waals surface area contributed by atoms with E-state index in [1.165, 1.54) is 6.07 Å². The Morgan fingerprint density at radius 1 is 1.00 bits per heavy atom. The van der Waals surface area contributed by atoms with Crippen molar-refractivity contribution in [2.45, 2.75) is 12.8 Å². The molecular formula is C23H18ClN5O2. The van der Waals surface area contributed by atoms with Crippen molar-refractivity contribution in [1.82, 2.24) is 25.6 Å². The molecule has 0 fully saturated rings. The molecule has 0 bridgehead atoms. The molecule has 2 aromatic carbocycles. The molecule has 0 radical (unpaired) electrons. The molecule has 0 atom stereocenters. The van der Waals surface area contributed by atoms with Gasteiger partial charge in [0.05, 0.1) is 11.6 Å². The monoisotopic (exact) mass is 431 g/mol. The van der Waals surface area contributed by atoms with Gasteiger partial charge in [-0.2, -0.15) is 0 Å².